The molecule has 0 radical (unpaired) electrons. The van der Waals surface area contributed by atoms with E-state index in [9.17, 15) is 0 Å². The van der Waals surface area contributed by atoms with Crippen molar-refractivity contribution >= 4 is 23.2 Å². The lowest BCUT2D eigenvalue weighted by Crippen LogP contribution is -2.26. The van der Waals surface area contributed by atoms with Crippen LogP contribution in [0.1, 0.15) is 13.3 Å². The first-order chi connectivity index (χ1) is 4.81. The quantitative estimate of drug-likeness (QED) is 0.643. The molecule has 0 spiro atoms. The average Bonchev–Trinajstić information content (AvgIpc) is 1.89. The molecular formula is C7H13Cl2N. The summed E-state index contributed by atoms with van der Waals surface area (Å²) in [6.45, 7) is 2.92. The molecule has 0 heterocycles. The minimum atomic E-state index is 0.477. The highest BCUT2D eigenvalue weighted by Gasteiger charge is 1.95. The second-order valence-electron chi connectivity index (χ2n) is 2.15. The molecule has 3 heteroatoms. The van der Waals surface area contributed by atoms with Crippen LogP contribution in [0, 0.1) is 0 Å². The molecule has 0 amide bonds. The van der Waals surface area contributed by atoms with Gasteiger partial charge in [0.2, 0.25) is 0 Å². The highest BCUT2D eigenvalue weighted by atomic mass is 35.5. The van der Waals surface area contributed by atoms with E-state index in [2.05, 4.69) is 12.2 Å². The predicted molar refractivity (Wildman–Crippen MR) is 47.8 cm³/mol. The Morgan fingerprint density at radius 2 is 2.30 bits per heavy atom. The zero-order valence-electron chi connectivity index (χ0n) is 6.11. The number of hydrogen-bond donors (Lipinski definition) is 1. The van der Waals surface area contributed by atoms with Gasteiger partial charge in [0.05, 0.1) is 0 Å². The Bertz CT molecular complexity index is 93.6. The molecular weight excluding hydrogens is 169 g/mol. The van der Waals surface area contributed by atoms with Crippen LogP contribution in [0.3, 0.4) is 0 Å². The van der Waals surface area contributed by atoms with Crippen LogP contribution in [0.2, 0.25) is 0 Å². The Morgan fingerprint density at radius 3 is 2.80 bits per heavy atom. The van der Waals surface area contributed by atoms with E-state index < -0.39 is 0 Å². The van der Waals surface area contributed by atoms with Crippen LogP contribution in [0.15, 0.2) is 11.6 Å². The summed E-state index contributed by atoms with van der Waals surface area (Å²) in [5.41, 5.74) is 1.51. The standard InChI is InChI=1S/C7H13Cl2N/c1-7(3-5-9)10-6-2-4-8/h2,4,7,10H,3,5-6H2,1H3/b4-2+. The van der Waals surface area contributed by atoms with Crippen LogP contribution in [0.25, 0.3) is 0 Å². The van der Waals surface area contributed by atoms with Gasteiger partial charge in [-0.05, 0) is 13.3 Å². The van der Waals surface area contributed by atoms with Crippen molar-refractivity contribution in [2.75, 3.05) is 12.4 Å². The fourth-order valence-corrected chi connectivity index (χ4v) is 0.996. The van der Waals surface area contributed by atoms with Gasteiger partial charge in [0, 0.05) is 24.0 Å². The third kappa shape index (κ3) is 6.40. The molecule has 0 aliphatic rings. The van der Waals surface area contributed by atoms with Gasteiger partial charge in [0.1, 0.15) is 0 Å². The maximum absolute atomic E-state index is 5.53. The van der Waals surface area contributed by atoms with Crippen LogP contribution >= 0.6 is 23.2 Å². The third-order valence-electron chi connectivity index (χ3n) is 1.22. The fourth-order valence-electron chi connectivity index (χ4n) is 0.579. The number of rotatable bonds is 5. The van der Waals surface area contributed by atoms with Gasteiger partial charge in [-0.15, -0.1) is 11.6 Å². The topological polar surface area (TPSA) is 12.0 Å². The molecule has 0 saturated carbocycles. The summed E-state index contributed by atoms with van der Waals surface area (Å²) in [4.78, 5) is 0. The van der Waals surface area contributed by atoms with Gasteiger partial charge in [-0.2, -0.15) is 0 Å². The molecule has 0 rings (SSSR count). The van der Waals surface area contributed by atoms with Gasteiger partial charge >= 0.3 is 0 Å². The second-order valence-corrected chi connectivity index (χ2v) is 2.78. The van der Waals surface area contributed by atoms with Crippen molar-refractivity contribution in [3.63, 3.8) is 0 Å². The van der Waals surface area contributed by atoms with Gasteiger partial charge in [-0.3, -0.25) is 0 Å². The molecule has 0 fully saturated rings. The van der Waals surface area contributed by atoms with Crippen molar-refractivity contribution in [2.24, 2.45) is 0 Å². The molecule has 60 valence electrons. The van der Waals surface area contributed by atoms with Gasteiger partial charge in [0.15, 0.2) is 0 Å². The number of hydrogen-bond acceptors (Lipinski definition) is 1. The van der Waals surface area contributed by atoms with Gasteiger partial charge in [-0.25, -0.2) is 0 Å². The van der Waals surface area contributed by atoms with Gasteiger partial charge in [0.25, 0.3) is 0 Å². The first-order valence-electron chi connectivity index (χ1n) is 3.35. The Labute approximate surface area is 72.4 Å². The van der Waals surface area contributed by atoms with Crippen molar-refractivity contribution < 1.29 is 0 Å². The molecule has 0 bridgehead atoms. The number of halogens is 2. The maximum Gasteiger partial charge on any atom is 0.0238 e. The fraction of sp³-hybridized carbons (Fsp3) is 0.714. The van der Waals surface area contributed by atoms with Crippen molar-refractivity contribution in [2.45, 2.75) is 19.4 Å². The van der Waals surface area contributed by atoms with Crippen LogP contribution in [-0.2, 0) is 0 Å². The first-order valence-corrected chi connectivity index (χ1v) is 4.33. The highest BCUT2D eigenvalue weighted by molar-refractivity contribution is 6.25. The van der Waals surface area contributed by atoms with E-state index in [1.165, 1.54) is 5.54 Å². The zero-order chi connectivity index (χ0) is 7.82. The lowest BCUT2D eigenvalue weighted by atomic mass is 10.2. The summed E-state index contributed by atoms with van der Waals surface area (Å²) in [7, 11) is 0. The lowest BCUT2D eigenvalue weighted by Gasteiger charge is -2.08. The molecule has 0 aliphatic heterocycles. The lowest BCUT2D eigenvalue weighted by molar-refractivity contribution is 0.570. The van der Waals surface area contributed by atoms with E-state index in [0.717, 1.165) is 13.0 Å². The maximum atomic E-state index is 5.53. The summed E-state index contributed by atoms with van der Waals surface area (Å²) < 4.78 is 0. The smallest absolute Gasteiger partial charge is 0.0238 e. The molecule has 1 nitrogen and oxygen atoms in total. The van der Waals surface area contributed by atoms with Crippen molar-refractivity contribution in [1.29, 1.82) is 0 Å². The van der Waals surface area contributed by atoms with Crippen molar-refractivity contribution in [3.8, 4) is 0 Å². The van der Waals surface area contributed by atoms with E-state index in [-0.39, 0.29) is 0 Å². The van der Waals surface area contributed by atoms with E-state index in [4.69, 9.17) is 23.2 Å². The Morgan fingerprint density at radius 1 is 1.60 bits per heavy atom. The molecule has 0 aromatic heterocycles. The van der Waals surface area contributed by atoms with Crippen LogP contribution in [0.4, 0.5) is 0 Å². The Balaban J connectivity index is 3.12. The van der Waals surface area contributed by atoms with Gasteiger partial charge < -0.3 is 5.32 Å². The number of nitrogens with one attached hydrogen (secondary N) is 1. The first kappa shape index (κ1) is 10.3. The monoisotopic (exact) mass is 181 g/mol. The molecule has 0 aliphatic carbocycles. The minimum Gasteiger partial charge on any atom is -0.311 e. The van der Waals surface area contributed by atoms with E-state index >= 15 is 0 Å². The summed E-state index contributed by atoms with van der Waals surface area (Å²) in [5, 5.41) is 3.23. The SMILES string of the molecule is CC(CCCl)NC/C=C/Cl. The van der Waals surface area contributed by atoms with Gasteiger partial charge in [-0.1, -0.05) is 17.7 Å². The van der Waals surface area contributed by atoms with Crippen molar-refractivity contribution in [3.05, 3.63) is 11.6 Å². The molecule has 10 heavy (non-hydrogen) atoms. The molecule has 1 N–H and O–H groups in total. The minimum absolute atomic E-state index is 0.477. The molecule has 1 unspecified atom stereocenters. The van der Waals surface area contributed by atoms with E-state index in [0.29, 0.717) is 11.9 Å². The van der Waals surface area contributed by atoms with Crippen LogP contribution in [0.5, 0.6) is 0 Å². The Hall–Kier alpha value is 0.280. The largest absolute Gasteiger partial charge is 0.311 e. The predicted octanol–water partition coefficient (Wildman–Crippen LogP) is 2.35. The Kier molecular flexibility index (Phi) is 7.59. The molecule has 0 saturated heterocycles. The summed E-state index contributed by atoms with van der Waals surface area (Å²) in [6.07, 6.45) is 2.87. The highest BCUT2D eigenvalue weighted by Crippen LogP contribution is 1.92. The van der Waals surface area contributed by atoms with Crippen LogP contribution < -0.4 is 5.32 Å². The average molecular weight is 182 g/mol. The third-order valence-corrected chi connectivity index (χ3v) is 1.61. The summed E-state index contributed by atoms with van der Waals surface area (Å²) in [5.74, 6) is 0.707. The normalized spacial score (nSPS) is 14.3. The molecule has 0 aromatic rings. The summed E-state index contributed by atoms with van der Waals surface area (Å²) in [6, 6.07) is 0.477. The summed E-state index contributed by atoms with van der Waals surface area (Å²) >= 11 is 10.8. The zero-order valence-corrected chi connectivity index (χ0v) is 7.62. The molecule has 1 atom stereocenters. The second kappa shape index (κ2) is 7.39. The van der Waals surface area contributed by atoms with E-state index in [1.54, 1.807) is 0 Å². The van der Waals surface area contributed by atoms with Crippen LogP contribution in [-0.4, -0.2) is 18.5 Å². The number of alkyl halides is 1. The molecule has 0 aromatic carbocycles. The van der Waals surface area contributed by atoms with Crippen molar-refractivity contribution in [1.82, 2.24) is 5.32 Å². The van der Waals surface area contributed by atoms with E-state index in [1.807, 2.05) is 6.08 Å².